The van der Waals surface area contributed by atoms with Gasteiger partial charge in [-0.2, -0.15) is 9.40 Å². The van der Waals surface area contributed by atoms with Crippen molar-refractivity contribution in [1.29, 1.82) is 0 Å². The maximum atomic E-state index is 13.2. The number of rotatable bonds is 3. The minimum Gasteiger partial charge on any atom is -0.368 e. The zero-order valence-corrected chi connectivity index (χ0v) is 17.2. The van der Waals surface area contributed by atoms with Gasteiger partial charge in [0, 0.05) is 44.8 Å². The topological polar surface area (TPSA) is 58.4 Å². The van der Waals surface area contributed by atoms with Crippen LogP contribution >= 0.6 is 11.6 Å². The Labute approximate surface area is 160 Å². The second-order valence-corrected chi connectivity index (χ2v) is 9.92. The largest absolute Gasteiger partial charge is 0.368 e. The average Bonchev–Trinajstić information content (AvgIpc) is 2.99. The number of para-hydroxylation sites is 1. The molecule has 1 aromatic heterocycles. The van der Waals surface area contributed by atoms with E-state index in [1.807, 2.05) is 45.0 Å². The Bertz CT molecular complexity index is 894. The molecule has 142 valence electrons. The summed E-state index contributed by atoms with van der Waals surface area (Å²) in [6, 6.07) is 7.65. The lowest BCUT2D eigenvalue weighted by atomic mass is 9.92. The first-order valence-electron chi connectivity index (χ1n) is 8.64. The van der Waals surface area contributed by atoms with E-state index in [-0.39, 0.29) is 5.41 Å². The van der Waals surface area contributed by atoms with Gasteiger partial charge in [0.2, 0.25) is 10.0 Å². The zero-order valence-electron chi connectivity index (χ0n) is 15.6. The first kappa shape index (κ1) is 19.2. The number of nitrogens with zero attached hydrogens (tertiary/aromatic N) is 4. The van der Waals surface area contributed by atoms with Crippen LogP contribution in [0.15, 0.2) is 35.4 Å². The van der Waals surface area contributed by atoms with Gasteiger partial charge in [-0.3, -0.25) is 4.68 Å². The predicted octanol–water partition coefficient (Wildman–Crippen LogP) is 2.88. The van der Waals surface area contributed by atoms with Gasteiger partial charge in [0.25, 0.3) is 0 Å². The molecule has 3 rings (SSSR count). The number of halogens is 1. The van der Waals surface area contributed by atoms with Gasteiger partial charge in [-0.25, -0.2) is 8.42 Å². The van der Waals surface area contributed by atoms with Crippen LogP contribution in [0, 0.1) is 0 Å². The molecule has 2 aromatic rings. The molecule has 0 bridgehead atoms. The number of sulfonamides is 1. The Morgan fingerprint density at radius 1 is 1.08 bits per heavy atom. The summed E-state index contributed by atoms with van der Waals surface area (Å²) in [6.07, 6.45) is 1.61. The molecule has 0 N–H and O–H groups in total. The zero-order chi connectivity index (χ0) is 19.1. The highest BCUT2D eigenvalue weighted by Crippen LogP contribution is 2.31. The van der Waals surface area contributed by atoms with Crippen molar-refractivity contribution in [2.24, 2.45) is 7.05 Å². The van der Waals surface area contributed by atoms with Gasteiger partial charge in [-0.05, 0) is 12.1 Å². The Hall–Kier alpha value is -1.57. The number of piperazine rings is 1. The maximum Gasteiger partial charge on any atom is 0.246 e. The van der Waals surface area contributed by atoms with Gasteiger partial charge < -0.3 is 4.90 Å². The van der Waals surface area contributed by atoms with E-state index in [0.717, 1.165) is 5.69 Å². The lowest BCUT2D eigenvalue weighted by Crippen LogP contribution is -2.49. The Balaban J connectivity index is 1.82. The van der Waals surface area contributed by atoms with Gasteiger partial charge >= 0.3 is 0 Å². The Morgan fingerprint density at radius 3 is 2.27 bits per heavy atom. The Kier molecular flexibility index (Phi) is 5.07. The molecule has 0 amide bonds. The van der Waals surface area contributed by atoms with Gasteiger partial charge in [0.15, 0.2) is 0 Å². The molecule has 0 unspecified atom stereocenters. The van der Waals surface area contributed by atoms with E-state index in [1.54, 1.807) is 22.2 Å². The molecule has 0 radical (unpaired) electrons. The molecule has 1 aromatic carbocycles. The number of aromatic nitrogens is 2. The molecular formula is C18H25ClN4O2S. The van der Waals surface area contributed by atoms with Crippen molar-refractivity contribution in [2.45, 2.75) is 31.1 Å². The molecule has 0 saturated carbocycles. The smallest absolute Gasteiger partial charge is 0.246 e. The van der Waals surface area contributed by atoms with E-state index >= 15 is 0 Å². The molecule has 0 aliphatic carbocycles. The quantitative estimate of drug-likeness (QED) is 0.800. The van der Waals surface area contributed by atoms with Gasteiger partial charge in [0.1, 0.15) is 4.90 Å². The van der Waals surface area contributed by atoms with Gasteiger partial charge in [0.05, 0.1) is 16.4 Å². The number of hydrogen-bond donors (Lipinski definition) is 0. The third kappa shape index (κ3) is 3.61. The molecule has 6 nitrogen and oxygen atoms in total. The van der Waals surface area contributed by atoms with E-state index in [9.17, 15) is 8.42 Å². The first-order valence-corrected chi connectivity index (χ1v) is 10.5. The van der Waals surface area contributed by atoms with Crippen molar-refractivity contribution in [3.05, 3.63) is 41.2 Å². The van der Waals surface area contributed by atoms with Crippen LogP contribution in [0.2, 0.25) is 5.02 Å². The summed E-state index contributed by atoms with van der Waals surface area (Å²) < 4.78 is 29.5. The van der Waals surface area contributed by atoms with Crippen LogP contribution in [0.5, 0.6) is 0 Å². The molecule has 1 saturated heterocycles. The van der Waals surface area contributed by atoms with E-state index in [2.05, 4.69) is 10.00 Å². The minimum atomic E-state index is -3.58. The van der Waals surface area contributed by atoms with Crippen LogP contribution in [0.25, 0.3) is 0 Å². The van der Waals surface area contributed by atoms with E-state index in [4.69, 9.17) is 11.6 Å². The van der Waals surface area contributed by atoms with Crippen LogP contribution in [-0.2, 0) is 22.5 Å². The van der Waals surface area contributed by atoms with E-state index < -0.39 is 10.0 Å². The number of aryl methyl sites for hydroxylation is 1. The van der Waals surface area contributed by atoms with Crippen LogP contribution in [0.1, 0.15) is 26.5 Å². The highest BCUT2D eigenvalue weighted by Gasteiger charge is 2.35. The van der Waals surface area contributed by atoms with Crippen molar-refractivity contribution in [2.75, 3.05) is 31.1 Å². The van der Waals surface area contributed by atoms with Crippen molar-refractivity contribution in [1.82, 2.24) is 14.1 Å². The standard InChI is InChI=1S/C18H25ClN4O2S/c1-18(2,3)17-16(13-21(4)20-17)26(24,25)23-11-9-22(10-12-23)15-8-6-5-7-14(15)19/h5-8,13H,9-12H2,1-4H3. The fourth-order valence-corrected chi connectivity index (χ4v) is 5.25. The molecule has 1 aliphatic rings. The first-order chi connectivity index (χ1) is 12.1. The fraction of sp³-hybridized carbons (Fsp3) is 0.500. The Morgan fingerprint density at radius 2 is 1.69 bits per heavy atom. The molecule has 0 atom stereocenters. The van der Waals surface area contributed by atoms with Crippen molar-refractivity contribution in [3.8, 4) is 0 Å². The SMILES string of the molecule is Cn1cc(S(=O)(=O)N2CCN(c3ccccc3Cl)CC2)c(C(C)(C)C)n1. The summed E-state index contributed by atoms with van der Waals surface area (Å²) in [5.74, 6) is 0. The van der Waals surface area contributed by atoms with E-state index in [0.29, 0.717) is 41.8 Å². The average molecular weight is 397 g/mol. The highest BCUT2D eigenvalue weighted by molar-refractivity contribution is 7.89. The number of benzene rings is 1. The summed E-state index contributed by atoms with van der Waals surface area (Å²) in [5.41, 5.74) is 1.21. The minimum absolute atomic E-state index is 0.304. The normalized spacial score (nSPS) is 16.9. The summed E-state index contributed by atoms with van der Waals surface area (Å²) in [5, 5.41) is 5.09. The molecule has 1 fully saturated rings. The van der Waals surface area contributed by atoms with Crippen LogP contribution in [0.3, 0.4) is 0 Å². The van der Waals surface area contributed by atoms with Gasteiger partial charge in [-0.15, -0.1) is 0 Å². The highest BCUT2D eigenvalue weighted by atomic mass is 35.5. The lowest BCUT2D eigenvalue weighted by molar-refractivity contribution is 0.383. The third-order valence-corrected chi connectivity index (χ3v) is 6.77. The number of hydrogen-bond acceptors (Lipinski definition) is 4. The molecule has 0 spiro atoms. The van der Waals surface area contributed by atoms with E-state index in [1.165, 1.54) is 0 Å². The predicted molar refractivity (Wildman–Crippen MR) is 104 cm³/mol. The van der Waals surface area contributed by atoms with Crippen molar-refractivity contribution < 1.29 is 8.42 Å². The van der Waals surface area contributed by atoms with Crippen LogP contribution < -0.4 is 4.90 Å². The molecule has 1 aliphatic heterocycles. The lowest BCUT2D eigenvalue weighted by Gasteiger charge is -2.36. The summed E-state index contributed by atoms with van der Waals surface area (Å²) in [4.78, 5) is 2.43. The third-order valence-electron chi connectivity index (χ3n) is 4.56. The summed E-state index contributed by atoms with van der Waals surface area (Å²) >= 11 is 6.27. The monoisotopic (exact) mass is 396 g/mol. The molecule has 2 heterocycles. The molecule has 8 heteroatoms. The van der Waals surface area contributed by atoms with Crippen LogP contribution in [-0.4, -0.2) is 48.7 Å². The number of anilines is 1. The summed E-state index contributed by atoms with van der Waals surface area (Å²) in [7, 11) is -1.83. The second-order valence-electron chi connectivity index (χ2n) is 7.61. The molecular weight excluding hydrogens is 372 g/mol. The van der Waals surface area contributed by atoms with Crippen molar-refractivity contribution >= 4 is 27.3 Å². The fourth-order valence-electron chi connectivity index (χ4n) is 3.19. The van der Waals surface area contributed by atoms with Crippen LogP contribution in [0.4, 0.5) is 5.69 Å². The van der Waals surface area contributed by atoms with Gasteiger partial charge in [-0.1, -0.05) is 44.5 Å². The summed E-state index contributed by atoms with van der Waals surface area (Å²) in [6.45, 7) is 7.98. The maximum absolute atomic E-state index is 13.2. The molecule has 26 heavy (non-hydrogen) atoms. The second kappa shape index (κ2) is 6.87. The van der Waals surface area contributed by atoms with Crippen molar-refractivity contribution in [3.63, 3.8) is 0 Å².